The van der Waals surface area contributed by atoms with Crippen molar-refractivity contribution >= 4 is 55.7 Å². The minimum absolute atomic E-state index is 0.104. The lowest BCUT2D eigenvalue weighted by Crippen LogP contribution is -2.55. The quantitative estimate of drug-likeness (QED) is 0.243. The van der Waals surface area contributed by atoms with Crippen LogP contribution in [0.3, 0.4) is 0 Å². The van der Waals surface area contributed by atoms with Gasteiger partial charge < -0.3 is 19.4 Å². The van der Waals surface area contributed by atoms with Gasteiger partial charge in [0.1, 0.15) is 17.9 Å². The SMILES string of the molecule is C=CC(=O)N1CCN(c2nc(OC[C@@H]3CCCN3C)nc3c(F)c(-c4cccc5cc(Cl)sc45)ccc23)C[C@@H]1CC#N. The number of nitrogens with zero attached hydrogens (tertiary/aromatic N) is 6. The zero-order chi connectivity index (χ0) is 29.4. The molecule has 2 aromatic heterocycles. The van der Waals surface area contributed by atoms with E-state index in [1.54, 1.807) is 11.0 Å². The summed E-state index contributed by atoms with van der Waals surface area (Å²) in [5.74, 6) is -0.165. The van der Waals surface area contributed by atoms with Gasteiger partial charge >= 0.3 is 6.01 Å². The molecule has 0 aliphatic carbocycles. The first-order valence-corrected chi connectivity index (χ1v) is 15.1. The molecule has 2 aliphatic heterocycles. The van der Waals surface area contributed by atoms with Crippen LogP contribution in [0.5, 0.6) is 6.01 Å². The molecule has 0 spiro atoms. The van der Waals surface area contributed by atoms with Crippen LogP contribution in [0.4, 0.5) is 10.2 Å². The number of rotatable bonds is 7. The number of amides is 1. The van der Waals surface area contributed by atoms with Gasteiger partial charge in [0.05, 0.1) is 22.9 Å². The number of hydrogen-bond acceptors (Lipinski definition) is 8. The monoisotopic (exact) mass is 604 g/mol. The summed E-state index contributed by atoms with van der Waals surface area (Å²) in [4.78, 5) is 27.8. The number of benzene rings is 2. The van der Waals surface area contributed by atoms with Crippen LogP contribution >= 0.6 is 22.9 Å². The first-order valence-electron chi connectivity index (χ1n) is 13.9. The molecule has 8 nitrogen and oxygen atoms in total. The third-order valence-electron chi connectivity index (χ3n) is 8.21. The van der Waals surface area contributed by atoms with E-state index >= 15 is 4.39 Å². The molecule has 4 aromatic rings. The Morgan fingerprint density at radius 1 is 1.24 bits per heavy atom. The van der Waals surface area contributed by atoms with E-state index in [1.807, 2.05) is 35.2 Å². The van der Waals surface area contributed by atoms with Crippen LogP contribution < -0.4 is 9.64 Å². The summed E-state index contributed by atoms with van der Waals surface area (Å²) in [7, 11) is 2.07. The Morgan fingerprint density at radius 3 is 2.86 bits per heavy atom. The van der Waals surface area contributed by atoms with E-state index in [0.717, 1.165) is 35.0 Å². The second-order valence-electron chi connectivity index (χ2n) is 10.7. The largest absolute Gasteiger partial charge is 0.462 e. The number of likely N-dealkylation sites (tertiary alicyclic amines) is 1. The van der Waals surface area contributed by atoms with Crippen molar-refractivity contribution in [2.24, 2.45) is 0 Å². The van der Waals surface area contributed by atoms with Gasteiger partial charge in [0.2, 0.25) is 5.91 Å². The van der Waals surface area contributed by atoms with Crippen LogP contribution in [0.25, 0.3) is 32.1 Å². The van der Waals surface area contributed by atoms with Gasteiger partial charge in [-0.05, 0) is 50.0 Å². The lowest BCUT2D eigenvalue weighted by molar-refractivity contribution is -0.128. The number of carbonyl (C=O) groups excluding carboxylic acids is 1. The molecule has 6 rings (SSSR count). The van der Waals surface area contributed by atoms with Crippen LogP contribution in [0.15, 0.2) is 49.1 Å². The Kier molecular flexibility index (Phi) is 7.99. The normalized spacial score (nSPS) is 19.4. The van der Waals surface area contributed by atoms with E-state index in [9.17, 15) is 10.1 Å². The minimum atomic E-state index is -0.468. The average Bonchev–Trinajstić information content (AvgIpc) is 3.59. The smallest absolute Gasteiger partial charge is 0.319 e. The lowest BCUT2D eigenvalue weighted by atomic mass is 10.0. The minimum Gasteiger partial charge on any atom is -0.462 e. The molecule has 11 heteroatoms. The summed E-state index contributed by atoms with van der Waals surface area (Å²) in [6.45, 7) is 6.20. The Balaban J connectivity index is 1.44. The molecule has 1 amide bonds. The van der Waals surface area contributed by atoms with Crippen molar-refractivity contribution in [3.8, 4) is 23.2 Å². The van der Waals surface area contributed by atoms with Crippen LogP contribution in [-0.4, -0.2) is 77.6 Å². The van der Waals surface area contributed by atoms with Crippen molar-refractivity contribution in [2.75, 3.05) is 44.7 Å². The maximum atomic E-state index is 16.5. The van der Waals surface area contributed by atoms with E-state index in [2.05, 4.69) is 29.6 Å². The number of fused-ring (bicyclic) bond motifs is 2. The van der Waals surface area contributed by atoms with Crippen LogP contribution in [-0.2, 0) is 4.79 Å². The topological polar surface area (TPSA) is 85.6 Å². The highest BCUT2D eigenvalue weighted by Crippen LogP contribution is 2.40. The number of hydrogen-bond donors (Lipinski definition) is 0. The zero-order valence-electron chi connectivity index (χ0n) is 23.2. The van der Waals surface area contributed by atoms with Crippen molar-refractivity contribution in [1.82, 2.24) is 19.8 Å². The molecule has 0 N–H and O–H groups in total. The third-order valence-corrected chi connectivity index (χ3v) is 9.53. The fourth-order valence-corrected chi connectivity index (χ4v) is 7.24. The van der Waals surface area contributed by atoms with Crippen LogP contribution in [0.2, 0.25) is 4.34 Å². The van der Waals surface area contributed by atoms with Gasteiger partial charge in [-0.25, -0.2) is 4.39 Å². The van der Waals surface area contributed by atoms with Gasteiger partial charge in [-0.2, -0.15) is 15.2 Å². The Hall–Kier alpha value is -3.78. The Bertz CT molecular complexity index is 1720. The predicted molar refractivity (Wildman–Crippen MR) is 165 cm³/mol. The summed E-state index contributed by atoms with van der Waals surface area (Å²) < 4.78 is 24.2. The highest BCUT2D eigenvalue weighted by molar-refractivity contribution is 7.23. The summed E-state index contributed by atoms with van der Waals surface area (Å²) in [5, 5.41) is 11.0. The number of anilines is 1. The fourth-order valence-electron chi connectivity index (χ4n) is 5.98. The van der Waals surface area contributed by atoms with Crippen molar-refractivity contribution in [1.29, 1.82) is 5.26 Å². The highest BCUT2D eigenvalue weighted by atomic mass is 35.5. The first-order chi connectivity index (χ1) is 20.4. The molecule has 0 saturated carbocycles. The van der Waals surface area contributed by atoms with Crippen molar-refractivity contribution in [2.45, 2.75) is 31.3 Å². The number of aromatic nitrogens is 2. The number of carbonyl (C=O) groups is 1. The maximum Gasteiger partial charge on any atom is 0.319 e. The molecule has 2 saturated heterocycles. The van der Waals surface area contributed by atoms with E-state index < -0.39 is 5.82 Å². The Labute approximate surface area is 252 Å². The number of likely N-dealkylation sites (N-methyl/N-ethyl adjacent to an activating group) is 1. The molecule has 2 aromatic carbocycles. The molecule has 2 fully saturated rings. The van der Waals surface area contributed by atoms with E-state index in [1.165, 1.54) is 17.4 Å². The second-order valence-corrected chi connectivity index (χ2v) is 12.4. The standard InChI is InChI=1S/C31H30ClFN6O2S/c1-3-26(40)39-15-14-38(17-20(39)11-12-34)30-24-10-9-22(23-8-4-6-19-16-25(32)42-29(19)23)27(33)28(24)35-31(36-30)41-18-21-7-5-13-37(21)2/h3-4,6,8-10,16,20-21H,1,5,7,11,13-15,17-18H2,2H3/t20-,21-/m0/s1. The average molecular weight is 605 g/mol. The van der Waals surface area contributed by atoms with Crippen LogP contribution in [0.1, 0.15) is 19.3 Å². The molecule has 216 valence electrons. The van der Waals surface area contributed by atoms with Gasteiger partial charge in [0, 0.05) is 46.9 Å². The number of halogens is 2. The molecule has 4 heterocycles. The van der Waals surface area contributed by atoms with E-state index in [4.69, 9.17) is 21.3 Å². The molecule has 2 aliphatic rings. The first kappa shape index (κ1) is 28.3. The molecule has 0 unspecified atom stereocenters. The van der Waals surface area contributed by atoms with E-state index in [-0.39, 0.29) is 35.9 Å². The van der Waals surface area contributed by atoms with Crippen molar-refractivity contribution in [3.63, 3.8) is 0 Å². The maximum absolute atomic E-state index is 16.5. The molecule has 2 atom stereocenters. The van der Waals surface area contributed by atoms with Gasteiger partial charge in [-0.3, -0.25) is 4.79 Å². The molecular formula is C31H30ClFN6O2S. The molecular weight excluding hydrogens is 575 g/mol. The molecule has 42 heavy (non-hydrogen) atoms. The van der Waals surface area contributed by atoms with Gasteiger partial charge in [-0.1, -0.05) is 42.4 Å². The van der Waals surface area contributed by atoms with Gasteiger partial charge in [0.25, 0.3) is 0 Å². The molecule has 0 radical (unpaired) electrons. The lowest BCUT2D eigenvalue weighted by Gasteiger charge is -2.41. The van der Waals surface area contributed by atoms with Crippen molar-refractivity contribution < 1.29 is 13.9 Å². The zero-order valence-corrected chi connectivity index (χ0v) is 24.8. The fraction of sp³-hybridized carbons (Fsp3) is 0.355. The highest BCUT2D eigenvalue weighted by Gasteiger charge is 2.32. The van der Waals surface area contributed by atoms with Gasteiger partial charge in [0.15, 0.2) is 5.82 Å². The van der Waals surface area contributed by atoms with Gasteiger partial charge in [-0.15, -0.1) is 11.3 Å². The summed E-state index contributed by atoms with van der Waals surface area (Å²) in [6, 6.07) is 13.4. The third kappa shape index (κ3) is 5.28. The summed E-state index contributed by atoms with van der Waals surface area (Å²) in [5.41, 5.74) is 1.32. The summed E-state index contributed by atoms with van der Waals surface area (Å²) in [6.07, 6.45) is 3.53. The van der Waals surface area contributed by atoms with Crippen LogP contribution in [0, 0.1) is 17.1 Å². The number of ether oxygens (including phenoxy) is 1. The number of nitriles is 1. The summed E-state index contributed by atoms with van der Waals surface area (Å²) >= 11 is 7.72. The predicted octanol–water partition coefficient (Wildman–Crippen LogP) is 5.89. The molecule has 0 bridgehead atoms. The Morgan fingerprint density at radius 2 is 2.10 bits per heavy atom. The second kappa shape index (κ2) is 11.8. The number of thiophene rings is 1. The van der Waals surface area contributed by atoms with E-state index in [0.29, 0.717) is 47.3 Å². The number of piperazine rings is 1. The van der Waals surface area contributed by atoms with Crippen molar-refractivity contribution in [3.05, 3.63) is 59.2 Å².